The predicted octanol–water partition coefficient (Wildman–Crippen LogP) is 8.56. The van der Waals surface area contributed by atoms with Crippen molar-refractivity contribution in [2.75, 3.05) is 6.54 Å². The Balaban J connectivity index is 1.31. The molecule has 0 bridgehead atoms. The van der Waals surface area contributed by atoms with E-state index in [0.717, 1.165) is 6.54 Å². The molecule has 0 spiro atoms. The monoisotopic (exact) mass is 459 g/mol. The summed E-state index contributed by atoms with van der Waals surface area (Å²) in [6.45, 7) is 10.5. The van der Waals surface area contributed by atoms with Crippen molar-refractivity contribution in [3.8, 4) is 0 Å². The minimum Gasteiger partial charge on any atom is -0.311 e. The van der Waals surface area contributed by atoms with Gasteiger partial charge >= 0.3 is 0 Å². The third kappa shape index (κ3) is 6.22. The van der Waals surface area contributed by atoms with Crippen molar-refractivity contribution in [2.45, 2.75) is 88.0 Å². The first kappa shape index (κ1) is 24.4. The van der Waals surface area contributed by atoms with Crippen LogP contribution in [0, 0.1) is 11.3 Å². The van der Waals surface area contributed by atoms with Crippen molar-refractivity contribution in [3.05, 3.63) is 83.5 Å². The Morgan fingerprint density at radius 1 is 1.09 bits per heavy atom. The summed E-state index contributed by atoms with van der Waals surface area (Å²) in [6.07, 6.45) is 14.7. The molecular weight excluding hydrogens is 418 g/mol. The molecule has 1 aliphatic carbocycles. The Morgan fingerprint density at radius 2 is 1.85 bits per heavy atom. The molecule has 1 nitrogen and oxygen atoms in total. The number of aryl methyl sites for hydroxylation is 1. The van der Waals surface area contributed by atoms with Crippen LogP contribution in [0.3, 0.4) is 0 Å². The van der Waals surface area contributed by atoms with Crippen LogP contribution in [0.15, 0.2) is 82.1 Å². The van der Waals surface area contributed by atoms with Gasteiger partial charge in [0.25, 0.3) is 0 Å². The standard InChI is InChI=1S/C31H41NS/c1-23-11-9-21-31(3,4)28(23)20-17-24(2)32-22-10-13-25-18-19-26-12-5-7-15-29(26)33-30-16-8-6-14-27(25)30/h5-8,11-12,14-17,20,24-25,28,32H,9-10,13,18-19,21-22H2,1-4H3/b20-17+. The first-order valence-corrected chi connectivity index (χ1v) is 13.7. The fourth-order valence-electron chi connectivity index (χ4n) is 5.63. The Kier molecular flexibility index (Phi) is 8.20. The molecule has 2 aromatic carbocycles. The maximum absolute atomic E-state index is 3.76. The minimum absolute atomic E-state index is 0.372. The lowest BCUT2D eigenvalue weighted by Gasteiger charge is -2.37. The zero-order valence-electron chi connectivity index (χ0n) is 20.9. The molecule has 1 heterocycles. The third-order valence-corrected chi connectivity index (χ3v) is 8.90. The molecule has 0 amide bonds. The molecular formula is C31H41NS. The average molecular weight is 460 g/mol. The fraction of sp³-hybridized carbons (Fsp3) is 0.484. The molecule has 0 radical (unpaired) electrons. The highest BCUT2D eigenvalue weighted by Crippen LogP contribution is 2.42. The van der Waals surface area contributed by atoms with Gasteiger partial charge in [0, 0.05) is 21.8 Å². The Labute approximate surface area is 206 Å². The van der Waals surface area contributed by atoms with E-state index in [1.54, 1.807) is 5.56 Å². The first-order valence-electron chi connectivity index (χ1n) is 12.9. The summed E-state index contributed by atoms with van der Waals surface area (Å²) in [7, 11) is 0. The number of fused-ring (bicyclic) bond motifs is 2. The summed E-state index contributed by atoms with van der Waals surface area (Å²) in [5, 5.41) is 3.76. The molecule has 3 unspecified atom stereocenters. The topological polar surface area (TPSA) is 12.0 Å². The molecule has 33 heavy (non-hydrogen) atoms. The van der Waals surface area contributed by atoms with E-state index in [0.29, 0.717) is 23.3 Å². The van der Waals surface area contributed by atoms with Gasteiger partial charge < -0.3 is 5.32 Å². The van der Waals surface area contributed by atoms with Gasteiger partial charge in [0.2, 0.25) is 0 Å². The van der Waals surface area contributed by atoms with Crippen molar-refractivity contribution >= 4 is 11.8 Å². The van der Waals surface area contributed by atoms with Gasteiger partial charge in [-0.15, -0.1) is 0 Å². The lowest BCUT2D eigenvalue weighted by molar-refractivity contribution is 0.255. The molecule has 0 saturated heterocycles. The van der Waals surface area contributed by atoms with Gasteiger partial charge in [-0.1, -0.05) is 85.8 Å². The molecule has 3 atom stereocenters. The molecule has 2 aliphatic rings. The van der Waals surface area contributed by atoms with E-state index in [4.69, 9.17) is 0 Å². The number of benzene rings is 2. The lowest BCUT2D eigenvalue weighted by Crippen LogP contribution is -2.28. The number of nitrogens with one attached hydrogen (secondary N) is 1. The van der Waals surface area contributed by atoms with E-state index in [2.05, 4.69) is 99.8 Å². The Bertz CT molecular complexity index is 986. The van der Waals surface area contributed by atoms with Crippen LogP contribution in [-0.2, 0) is 6.42 Å². The van der Waals surface area contributed by atoms with Crippen LogP contribution in [0.4, 0.5) is 0 Å². The maximum atomic E-state index is 3.76. The van der Waals surface area contributed by atoms with Crippen molar-refractivity contribution < 1.29 is 0 Å². The van der Waals surface area contributed by atoms with Gasteiger partial charge in [0.1, 0.15) is 0 Å². The van der Waals surface area contributed by atoms with Crippen LogP contribution in [0.2, 0.25) is 0 Å². The maximum Gasteiger partial charge on any atom is 0.0221 e. The summed E-state index contributed by atoms with van der Waals surface area (Å²) in [6, 6.07) is 18.4. The molecule has 0 saturated carbocycles. The molecule has 2 aromatic rings. The van der Waals surface area contributed by atoms with Crippen molar-refractivity contribution in [1.29, 1.82) is 0 Å². The van der Waals surface area contributed by atoms with Crippen LogP contribution in [0.25, 0.3) is 0 Å². The van der Waals surface area contributed by atoms with E-state index in [-0.39, 0.29) is 0 Å². The first-order chi connectivity index (χ1) is 15.9. The Morgan fingerprint density at radius 3 is 2.67 bits per heavy atom. The largest absolute Gasteiger partial charge is 0.311 e. The van der Waals surface area contributed by atoms with Crippen LogP contribution in [-0.4, -0.2) is 12.6 Å². The number of hydrogen-bond acceptors (Lipinski definition) is 2. The molecule has 1 aliphatic heterocycles. The zero-order chi connectivity index (χ0) is 23.3. The zero-order valence-corrected chi connectivity index (χ0v) is 21.8. The predicted molar refractivity (Wildman–Crippen MR) is 144 cm³/mol. The average Bonchev–Trinajstić information content (AvgIpc) is 2.78. The second-order valence-electron chi connectivity index (χ2n) is 10.7. The molecule has 176 valence electrons. The van der Waals surface area contributed by atoms with Gasteiger partial charge in [-0.25, -0.2) is 0 Å². The highest BCUT2D eigenvalue weighted by molar-refractivity contribution is 7.99. The van der Waals surface area contributed by atoms with Crippen LogP contribution < -0.4 is 5.32 Å². The quantitative estimate of drug-likeness (QED) is 0.329. The molecule has 2 heteroatoms. The number of rotatable bonds is 7. The number of allylic oxidation sites excluding steroid dienone is 3. The highest BCUT2D eigenvalue weighted by Gasteiger charge is 2.30. The SMILES string of the molecule is CC1=CCCC(C)(C)C1/C=C/C(C)NCCCC1CCc2ccccc2Sc2ccccc21. The summed E-state index contributed by atoms with van der Waals surface area (Å²) in [5.74, 6) is 1.22. The fourth-order valence-corrected chi connectivity index (χ4v) is 6.82. The summed E-state index contributed by atoms with van der Waals surface area (Å²) < 4.78 is 0. The molecule has 0 fully saturated rings. The number of hydrogen-bond donors (Lipinski definition) is 1. The van der Waals surface area contributed by atoms with Crippen molar-refractivity contribution in [3.63, 3.8) is 0 Å². The van der Waals surface area contributed by atoms with E-state index >= 15 is 0 Å². The minimum atomic E-state index is 0.372. The van der Waals surface area contributed by atoms with Crippen LogP contribution in [0.1, 0.15) is 76.8 Å². The van der Waals surface area contributed by atoms with E-state index in [1.165, 1.54) is 59.5 Å². The summed E-state index contributed by atoms with van der Waals surface area (Å²) in [4.78, 5) is 2.87. The van der Waals surface area contributed by atoms with Gasteiger partial charge in [-0.3, -0.25) is 0 Å². The second-order valence-corrected chi connectivity index (χ2v) is 11.8. The van der Waals surface area contributed by atoms with Crippen molar-refractivity contribution in [1.82, 2.24) is 5.32 Å². The normalized spacial score (nSPS) is 23.2. The van der Waals surface area contributed by atoms with Crippen molar-refractivity contribution in [2.24, 2.45) is 11.3 Å². The highest BCUT2D eigenvalue weighted by atomic mass is 32.2. The smallest absolute Gasteiger partial charge is 0.0221 e. The van der Waals surface area contributed by atoms with Gasteiger partial charge in [-0.2, -0.15) is 0 Å². The Hall–Kier alpha value is -1.77. The van der Waals surface area contributed by atoms with E-state index in [1.807, 2.05) is 11.8 Å². The molecule has 4 rings (SSSR count). The molecule has 0 aromatic heterocycles. The molecule has 1 N–H and O–H groups in total. The summed E-state index contributed by atoms with van der Waals surface area (Å²) in [5.41, 5.74) is 4.97. The summed E-state index contributed by atoms with van der Waals surface area (Å²) >= 11 is 1.96. The van der Waals surface area contributed by atoms with Gasteiger partial charge in [0.05, 0.1) is 0 Å². The third-order valence-electron chi connectivity index (χ3n) is 7.69. The van der Waals surface area contributed by atoms with Gasteiger partial charge in [0.15, 0.2) is 0 Å². The second kappa shape index (κ2) is 11.1. The van der Waals surface area contributed by atoms with Crippen LogP contribution >= 0.6 is 11.8 Å². The van der Waals surface area contributed by atoms with E-state index in [9.17, 15) is 0 Å². The van der Waals surface area contributed by atoms with E-state index < -0.39 is 0 Å². The van der Waals surface area contributed by atoms with Gasteiger partial charge in [-0.05, 0) is 93.5 Å². The lowest BCUT2D eigenvalue weighted by atomic mass is 9.68. The van der Waals surface area contributed by atoms with Crippen LogP contribution in [0.5, 0.6) is 0 Å².